The van der Waals surface area contributed by atoms with E-state index in [9.17, 15) is 4.79 Å². The molecule has 6 nitrogen and oxygen atoms in total. The van der Waals surface area contributed by atoms with Crippen LogP contribution in [0.5, 0.6) is 5.88 Å². The van der Waals surface area contributed by atoms with Gasteiger partial charge < -0.3 is 10.1 Å². The van der Waals surface area contributed by atoms with Gasteiger partial charge in [0.1, 0.15) is 0 Å². The Morgan fingerprint density at radius 2 is 2.12 bits per heavy atom. The van der Waals surface area contributed by atoms with Crippen molar-refractivity contribution in [3.05, 3.63) is 58.5 Å². The van der Waals surface area contributed by atoms with Gasteiger partial charge in [-0.15, -0.1) is 11.3 Å². The maximum atomic E-state index is 12.5. The fourth-order valence-corrected chi connectivity index (χ4v) is 3.31. The van der Waals surface area contributed by atoms with Gasteiger partial charge in [-0.05, 0) is 31.5 Å². The number of methoxy groups -OCH3 is 1. The molecule has 0 fully saturated rings. The van der Waals surface area contributed by atoms with Gasteiger partial charge in [0, 0.05) is 41.8 Å². The molecule has 0 aliphatic rings. The lowest BCUT2D eigenvalue weighted by Gasteiger charge is -2.07. The first-order valence-corrected chi connectivity index (χ1v) is 8.34. The van der Waals surface area contributed by atoms with Crippen molar-refractivity contribution < 1.29 is 9.53 Å². The van der Waals surface area contributed by atoms with Crippen LogP contribution in [-0.2, 0) is 6.54 Å². The highest BCUT2D eigenvalue weighted by Crippen LogP contribution is 2.22. The second-order valence-corrected chi connectivity index (χ2v) is 6.20. The third-order valence-electron chi connectivity index (χ3n) is 3.75. The lowest BCUT2D eigenvalue weighted by molar-refractivity contribution is 0.0950. The zero-order valence-electron chi connectivity index (χ0n) is 13.7. The number of nitrogens with one attached hydrogen (secondary N) is 1. The van der Waals surface area contributed by atoms with Gasteiger partial charge in [0.25, 0.3) is 5.91 Å². The van der Waals surface area contributed by atoms with E-state index in [0.717, 1.165) is 22.1 Å². The molecule has 0 atom stereocenters. The maximum Gasteiger partial charge on any atom is 0.253 e. The molecule has 3 heterocycles. The Kier molecular flexibility index (Phi) is 4.61. The fourth-order valence-electron chi connectivity index (χ4n) is 2.56. The molecule has 0 spiro atoms. The van der Waals surface area contributed by atoms with Crippen molar-refractivity contribution in [3.63, 3.8) is 0 Å². The van der Waals surface area contributed by atoms with Gasteiger partial charge in [-0.2, -0.15) is 0 Å². The summed E-state index contributed by atoms with van der Waals surface area (Å²) in [4.78, 5) is 20.9. The zero-order valence-corrected chi connectivity index (χ0v) is 14.6. The third kappa shape index (κ3) is 3.16. The molecule has 0 radical (unpaired) electrons. The van der Waals surface area contributed by atoms with Crippen molar-refractivity contribution in [3.8, 4) is 11.0 Å². The van der Waals surface area contributed by atoms with Crippen LogP contribution < -0.4 is 10.1 Å². The number of pyridine rings is 1. The summed E-state index contributed by atoms with van der Waals surface area (Å²) in [6.07, 6.45) is 3.42. The molecular weight excluding hydrogens is 324 g/mol. The van der Waals surface area contributed by atoms with E-state index >= 15 is 0 Å². The summed E-state index contributed by atoms with van der Waals surface area (Å²) in [7, 11) is 1.57. The molecule has 3 aromatic heterocycles. The van der Waals surface area contributed by atoms with Gasteiger partial charge in [0.05, 0.1) is 12.7 Å². The van der Waals surface area contributed by atoms with Gasteiger partial charge in [0.15, 0.2) is 5.13 Å². The second kappa shape index (κ2) is 6.84. The number of ether oxygens (including phenoxy) is 1. The normalized spacial score (nSPS) is 10.6. The van der Waals surface area contributed by atoms with Gasteiger partial charge in [-0.3, -0.25) is 9.36 Å². The number of amides is 1. The van der Waals surface area contributed by atoms with Crippen LogP contribution in [0, 0.1) is 13.8 Å². The number of rotatable bonds is 5. The lowest BCUT2D eigenvalue weighted by atomic mass is 10.2. The Morgan fingerprint density at radius 3 is 2.83 bits per heavy atom. The van der Waals surface area contributed by atoms with E-state index in [1.165, 1.54) is 0 Å². The van der Waals surface area contributed by atoms with Crippen LogP contribution in [0.2, 0.25) is 0 Å². The summed E-state index contributed by atoms with van der Waals surface area (Å²) in [5.41, 5.74) is 3.46. The molecule has 0 aliphatic heterocycles. The summed E-state index contributed by atoms with van der Waals surface area (Å²) >= 11 is 1.54. The van der Waals surface area contributed by atoms with E-state index < -0.39 is 0 Å². The Labute approximate surface area is 144 Å². The number of carbonyl (C=O) groups excluding carboxylic acids is 1. The van der Waals surface area contributed by atoms with Crippen molar-refractivity contribution in [2.75, 3.05) is 7.11 Å². The Bertz CT molecular complexity index is 856. The first-order chi connectivity index (χ1) is 11.6. The van der Waals surface area contributed by atoms with Crippen LogP contribution in [-0.4, -0.2) is 27.6 Å². The Hall–Kier alpha value is -2.67. The predicted octanol–water partition coefficient (Wildman–Crippen LogP) is 2.88. The van der Waals surface area contributed by atoms with Crippen LogP contribution >= 0.6 is 11.3 Å². The molecule has 1 amide bonds. The topological polar surface area (TPSA) is 69.0 Å². The SMILES string of the molecule is COc1cc(CNC(=O)c2cc(C)n(-c3nccs3)c2C)ccn1. The molecule has 0 saturated heterocycles. The maximum absolute atomic E-state index is 12.5. The summed E-state index contributed by atoms with van der Waals surface area (Å²) < 4.78 is 7.09. The molecule has 0 unspecified atom stereocenters. The van der Waals surface area contributed by atoms with Crippen molar-refractivity contribution in [1.29, 1.82) is 0 Å². The molecule has 1 N–H and O–H groups in total. The smallest absolute Gasteiger partial charge is 0.253 e. The Morgan fingerprint density at radius 1 is 1.29 bits per heavy atom. The molecule has 3 aromatic rings. The van der Waals surface area contributed by atoms with Gasteiger partial charge >= 0.3 is 0 Å². The average Bonchev–Trinajstić information content (AvgIpc) is 3.20. The van der Waals surface area contributed by atoms with E-state index in [0.29, 0.717) is 18.0 Å². The van der Waals surface area contributed by atoms with E-state index in [4.69, 9.17) is 4.74 Å². The van der Waals surface area contributed by atoms with E-state index in [1.807, 2.05) is 35.9 Å². The number of nitrogens with zero attached hydrogens (tertiary/aromatic N) is 3. The first-order valence-electron chi connectivity index (χ1n) is 7.46. The van der Waals surface area contributed by atoms with E-state index in [-0.39, 0.29) is 5.91 Å². The van der Waals surface area contributed by atoms with Crippen LogP contribution in [0.4, 0.5) is 0 Å². The number of hydrogen-bond acceptors (Lipinski definition) is 5. The van der Waals surface area contributed by atoms with Gasteiger partial charge in [0.2, 0.25) is 5.88 Å². The third-order valence-corrected chi connectivity index (χ3v) is 4.50. The van der Waals surface area contributed by atoms with E-state index in [1.54, 1.807) is 36.9 Å². The molecule has 7 heteroatoms. The molecule has 3 rings (SSSR count). The summed E-state index contributed by atoms with van der Waals surface area (Å²) in [5.74, 6) is 0.422. The van der Waals surface area contributed by atoms with Crippen LogP contribution in [0.3, 0.4) is 0 Å². The molecule has 24 heavy (non-hydrogen) atoms. The quantitative estimate of drug-likeness (QED) is 0.774. The molecule has 0 bridgehead atoms. The Balaban J connectivity index is 1.77. The number of hydrogen-bond donors (Lipinski definition) is 1. The highest BCUT2D eigenvalue weighted by atomic mass is 32.1. The van der Waals surface area contributed by atoms with Crippen molar-refractivity contribution in [2.24, 2.45) is 0 Å². The number of aromatic nitrogens is 3. The van der Waals surface area contributed by atoms with Crippen LogP contribution in [0.15, 0.2) is 36.0 Å². The largest absolute Gasteiger partial charge is 0.481 e. The lowest BCUT2D eigenvalue weighted by Crippen LogP contribution is -2.23. The van der Waals surface area contributed by atoms with Crippen molar-refractivity contribution in [2.45, 2.75) is 20.4 Å². The van der Waals surface area contributed by atoms with Gasteiger partial charge in [-0.1, -0.05) is 0 Å². The minimum Gasteiger partial charge on any atom is -0.481 e. The molecule has 0 aliphatic carbocycles. The summed E-state index contributed by atoms with van der Waals surface area (Å²) in [5, 5.41) is 5.73. The number of carbonyl (C=O) groups is 1. The van der Waals surface area contributed by atoms with Crippen LogP contribution in [0.1, 0.15) is 27.3 Å². The number of aryl methyl sites for hydroxylation is 1. The van der Waals surface area contributed by atoms with Crippen molar-refractivity contribution in [1.82, 2.24) is 19.9 Å². The fraction of sp³-hybridized carbons (Fsp3) is 0.235. The van der Waals surface area contributed by atoms with Gasteiger partial charge in [-0.25, -0.2) is 9.97 Å². The summed E-state index contributed by atoms with van der Waals surface area (Å²) in [6.45, 7) is 4.32. The summed E-state index contributed by atoms with van der Waals surface area (Å²) in [6, 6.07) is 5.54. The number of thiazole rings is 1. The first kappa shape index (κ1) is 16.2. The average molecular weight is 342 g/mol. The second-order valence-electron chi connectivity index (χ2n) is 5.32. The monoisotopic (exact) mass is 342 g/mol. The van der Waals surface area contributed by atoms with Crippen LogP contribution in [0.25, 0.3) is 5.13 Å². The van der Waals surface area contributed by atoms with Crippen molar-refractivity contribution >= 4 is 17.2 Å². The molecule has 0 aromatic carbocycles. The molecular formula is C17H18N4O2S. The molecule has 124 valence electrons. The highest BCUT2D eigenvalue weighted by Gasteiger charge is 2.17. The highest BCUT2D eigenvalue weighted by molar-refractivity contribution is 7.12. The minimum absolute atomic E-state index is 0.110. The minimum atomic E-state index is -0.110. The van der Waals surface area contributed by atoms with E-state index in [2.05, 4.69) is 15.3 Å². The zero-order chi connectivity index (χ0) is 17.1. The predicted molar refractivity (Wildman–Crippen MR) is 92.9 cm³/mol. The standard InChI is InChI=1S/C17H18N4O2S/c1-11-8-14(12(2)21(11)17-19-6-7-24-17)16(22)20-10-13-4-5-18-15(9-13)23-3/h4-9H,10H2,1-3H3,(H,20,22). The molecule has 0 saturated carbocycles.